The van der Waals surface area contributed by atoms with Gasteiger partial charge in [-0.15, -0.1) is 0 Å². The van der Waals surface area contributed by atoms with Crippen LogP contribution < -0.4 is 11.1 Å². The highest BCUT2D eigenvalue weighted by molar-refractivity contribution is 5.75. The molecule has 0 radical (unpaired) electrons. The number of aromatic amines is 1. The van der Waals surface area contributed by atoms with Crippen LogP contribution in [0, 0.1) is 5.41 Å². The lowest BCUT2D eigenvalue weighted by Crippen LogP contribution is -1.89. The average molecular weight is 160 g/mol. The molecule has 0 unspecified atom stereocenters. The number of H-pyrrole nitrogens is 1. The van der Waals surface area contributed by atoms with Crippen LogP contribution in [0.2, 0.25) is 0 Å². The first-order chi connectivity index (χ1) is 5.75. The van der Waals surface area contributed by atoms with E-state index in [0.29, 0.717) is 11.3 Å². The molecule has 0 spiro atoms. The number of anilines is 1. The maximum atomic E-state index is 7.35. The van der Waals surface area contributed by atoms with Crippen LogP contribution in [0.5, 0.6) is 0 Å². The summed E-state index contributed by atoms with van der Waals surface area (Å²) in [5, 5.41) is 7.81. The molecule has 2 rings (SSSR count). The topological polar surface area (TPSA) is 78.6 Å². The molecule has 0 saturated carbocycles. The van der Waals surface area contributed by atoms with Crippen molar-refractivity contribution in [3.8, 4) is 0 Å². The Morgan fingerprint density at radius 1 is 1.25 bits per heavy atom. The summed E-state index contributed by atoms with van der Waals surface area (Å²) in [7, 11) is 0. The van der Waals surface area contributed by atoms with Gasteiger partial charge in [0.25, 0.3) is 0 Å². The summed E-state index contributed by atoms with van der Waals surface area (Å²) in [5.41, 5.74) is 7.09. The van der Waals surface area contributed by atoms with E-state index in [2.05, 4.69) is 9.97 Å². The Morgan fingerprint density at radius 3 is 2.83 bits per heavy atom. The number of aromatic nitrogens is 2. The monoisotopic (exact) mass is 160 g/mol. The van der Waals surface area contributed by atoms with Crippen LogP contribution in [0.4, 0.5) is 5.95 Å². The average Bonchev–Trinajstić information content (AvgIpc) is 2.31. The summed E-state index contributed by atoms with van der Waals surface area (Å²) in [6.07, 6.45) is 0. The van der Waals surface area contributed by atoms with Crippen molar-refractivity contribution in [1.29, 1.82) is 5.41 Å². The molecule has 0 bridgehead atoms. The molecule has 1 heterocycles. The number of fused-ring (bicyclic) bond motifs is 1. The van der Waals surface area contributed by atoms with Gasteiger partial charge < -0.3 is 16.1 Å². The van der Waals surface area contributed by atoms with Gasteiger partial charge in [-0.2, -0.15) is 0 Å². The smallest absolute Gasteiger partial charge is 0.198 e. The van der Waals surface area contributed by atoms with Crippen molar-refractivity contribution in [3.63, 3.8) is 0 Å². The van der Waals surface area contributed by atoms with Gasteiger partial charge in [-0.3, -0.25) is 0 Å². The minimum atomic E-state index is 0.405. The zero-order valence-corrected chi connectivity index (χ0v) is 6.33. The van der Waals surface area contributed by atoms with Crippen molar-refractivity contribution >= 4 is 17.0 Å². The first kappa shape index (κ1) is 6.84. The van der Waals surface area contributed by atoms with E-state index in [0.717, 1.165) is 11.0 Å². The fourth-order valence-electron chi connectivity index (χ4n) is 1.07. The van der Waals surface area contributed by atoms with Gasteiger partial charge in [-0.25, -0.2) is 4.98 Å². The fraction of sp³-hybridized carbons (Fsp3) is 0. The molecule has 0 aliphatic carbocycles. The molecule has 60 valence electrons. The third kappa shape index (κ3) is 1.03. The van der Waals surface area contributed by atoms with Gasteiger partial charge in [-0.1, -0.05) is 0 Å². The molecule has 1 aromatic heterocycles. The first-order valence-corrected chi connectivity index (χ1v) is 3.56. The minimum Gasteiger partial charge on any atom is -0.369 e. The van der Waals surface area contributed by atoms with Gasteiger partial charge in [0.05, 0.1) is 16.4 Å². The Morgan fingerprint density at radius 2 is 2.00 bits per heavy atom. The molecule has 0 amide bonds. The molecule has 0 fully saturated rings. The Kier molecular flexibility index (Phi) is 1.33. The second-order valence-electron chi connectivity index (χ2n) is 2.54. The van der Waals surface area contributed by atoms with Crippen molar-refractivity contribution in [2.45, 2.75) is 0 Å². The second kappa shape index (κ2) is 2.34. The SMILES string of the molecule is N=c1ccc2nc(N)[nH]c2cc1. The standard InChI is InChI=1S/C8H8N4/c9-5-1-3-6-7(4-2-5)12-8(10)11-6/h1-4,9H,(H3,10,11,12). The summed E-state index contributed by atoms with van der Waals surface area (Å²) in [6.45, 7) is 0. The van der Waals surface area contributed by atoms with Crippen LogP contribution in [-0.4, -0.2) is 9.97 Å². The van der Waals surface area contributed by atoms with Gasteiger partial charge in [-0.05, 0) is 24.3 Å². The van der Waals surface area contributed by atoms with Crippen molar-refractivity contribution in [3.05, 3.63) is 29.6 Å². The van der Waals surface area contributed by atoms with Crippen LogP contribution in [0.1, 0.15) is 0 Å². The van der Waals surface area contributed by atoms with Gasteiger partial charge in [0.1, 0.15) is 0 Å². The van der Waals surface area contributed by atoms with Crippen molar-refractivity contribution in [2.24, 2.45) is 0 Å². The Bertz CT molecular complexity index is 432. The van der Waals surface area contributed by atoms with Crippen LogP contribution in [0.3, 0.4) is 0 Å². The number of nitrogens with one attached hydrogen (secondary N) is 2. The highest BCUT2D eigenvalue weighted by atomic mass is 15.0. The molecule has 1 aromatic carbocycles. The van der Waals surface area contributed by atoms with Crippen molar-refractivity contribution < 1.29 is 0 Å². The molecule has 4 N–H and O–H groups in total. The number of imidazole rings is 1. The Labute approximate surface area is 68.6 Å². The second-order valence-corrected chi connectivity index (χ2v) is 2.54. The molecule has 4 heteroatoms. The summed E-state index contributed by atoms with van der Waals surface area (Å²) >= 11 is 0. The highest BCUT2D eigenvalue weighted by Crippen LogP contribution is 2.07. The summed E-state index contributed by atoms with van der Waals surface area (Å²) in [4.78, 5) is 6.92. The van der Waals surface area contributed by atoms with E-state index in [4.69, 9.17) is 11.1 Å². The summed E-state index contributed by atoms with van der Waals surface area (Å²) < 4.78 is 0. The van der Waals surface area contributed by atoms with Crippen LogP contribution >= 0.6 is 0 Å². The van der Waals surface area contributed by atoms with E-state index in [-0.39, 0.29) is 0 Å². The van der Waals surface area contributed by atoms with E-state index >= 15 is 0 Å². The summed E-state index contributed by atoms with van der Waals surface area (Å²) in [6, 6.07) is 6.94. The minimum absolute atomic E-state index is 0.405. The lowest BCUT2D eigenvalue weighted by atomic mass is 10.4. The molecule has 0 saturated heterocycles. The zero-order valence-electron chi connectivity index (χ0n) is 6.33. The fourth-order valence-corrected chi connectivity index (χ4v) is 1.07. The van der Waals surface area contributed by atoms with E-state index in [1.165, 1.54) is 0 Å². The van der Waals surface area contributed by atoms with E-state index in [1.807, 2.05) is 0 Å². The predicted octanol–water partition coefficient (Wildman–Crippen LogP) is 0.625. The molecule has 4 nitrogen and oxygen atoms in total. The number of hydrogen-bond donors (Lipinski definition) is 3. The van der Waals surface area contributed by atoms with Crippen LogP contribution in [0.25, 0.3) is 11.0 Å². The normalized spacial score (nSPS) is 10.3. The van der Waals surface area contributed by atoms with E-state index in [1.54, 1.807) is 24.3 Å². The highest BCUT2D eigenvalue weighted by Gasteiger charge is 1.94. The van der Waals surface area contributed by atoms with Gasteiger partial charge in [0, 0.05) is 0 Å². The Hall–Kier alpha value is -1.84. The van der Waals surface area contributed by atoms with Gasteiger partial charge >= 0.3 is 0 Å². The van der Waals surface area contributed by atoms with Gasteiger partial charge in [0.2, 0.25) is 0 Å². The number of nitrogens with zero attached hydrogens (tertiary/aromatic N) is 1. The maximum Gasteiger partial charge on any atom is 0.198 e. The van der Waals surface area contributed by atoms with Crippen molar-refractivity contribution in [1.82, 2.24) is 9.97 Å². The van der Waals surface area contributed by atoms with E-state index in [9.17, 15) is 0 Å². The lowest BCUT2D eigenvalue weighted by molar-refractivity contribution is 1.28. The molecule has 0 aliphatic rings. The molecule has 0 aliphatic heterocycles. The number of nitrogens with two attached hydrogens (primary N) is 1. The summed E-state index contributed by atoms with van der Waals surface area (Å²) in [5.74, 6) is 0.405. The van der Waals surface area contributed by atoms with E-state index < -0.39 is 0 Å². The lowest BCUT2D eigenvalue weighted by Gasteiger charge is -1.74. The first-order valence-electron chi connectivity index (χ1n) is 3.56. The third-order valence-electron chi connectivity index (χ3n) is 1.63. The van der Waals surface area contributed by atoms with Crippen LogP contribution in [-0.2, 0) is 0 Å². The van der Waals surface area contributed by atoms with Crippen molar-refractivity contribution in [2.75, 3.05) is 5.73 Å². The molecule has 12 heavy (non-hydrogen) atoms. The largest absolute Gasteiger partial charge is 0.369 e. The molecular weight excluding hydrogens is 152 g/mol. The molecule has 2 aromatic rings. The zero-order chi connectivity index (χ0) is 8.55. The Balaban J connectivity index is 2.90. The molecular formula is C8H8N4. The number of nitrogen functional groups attached to an aromatic ring is 1. The maximum absolute atomic E-state index is 7.35. The third-order valence-corrected chi connectivity index (χ3v) is 1.63. The quantitative estimate of drug-likeness (QED) is 0.528. The number of hydrogen-bond acceptors (Lipinski definition) is 3. The molecule has 0 atom stereocenters. The number of rotatable bonds is 0. The van der Waals surface area contributed by atoms with Gasteiger partial charge in [0.15, 0.2) is 5.95 Å². The van der Waals surface area contributed by atoms with Crippen LogP contribution in [0.15, 0.2) is 24.3 Å². The predicted molar refractivity (Wildman–Crippen MR) is 46.4 cm³/mol.